The van der Waals surface area contributed by atoms with Gasteiger partial charge in [0.2, 0.25) is 11.5 Å². The fourth-order valence-corrected chi connectivity index (χ4v) is 15.0. The number of carbonyl (C=O) groups is 6. The van der Waals surface area contributed by atoms with E-state index in [0.717, 1.165) is 190 Å². The number of hydrogen-bond donors (Lipinski definition) is 2. The van der Waals surface area contributed by atoms with E-state index in [4.69, 9.17) is 28.4 Å². The van der Waals surface area contributed by atoms with Crippen LogP contribution in [-0.4, -0.2) is 111 Å². The minimum atomic E-state index is -0.618. The molecular formula is C98H144N4O12. The average molecular weight is 1570 g/mol. The largest absolute Gasteiger partial charge is 0.490 e. The van der Waals surface area contributed by atoms with Crippen molar-refractivity contribution in [2.75, 3.05) is 65.8 Å². The molecular weight excluding hydrogens is 1430 g/mol. The molecule has 4 aromatic carbocycles. The third kappa shape index (κ3) is 34.6. The van der Waals surface area contributed by atoms with Crippen LogP contribution in [0.2, 0.25) is 0 Å². The van der Waals surface area contributed by atoms with Gasteiger partial charge in [-0.15, -0.1) is 39.5 Å². The number of nitrogens with zero attached hydrogens (tertiary/aromatic N) is 2. The summed E-state index contributed by atoms with van der Waals surface area (Å²) in [4.78, 5) is 89.4. The standard InChI is InChI=1S/C98H144N4O12/c1-7-13-19-25-31-37-43-49-55-69-109-85-75-79(76-86(110-70-56-50-44-38-32-26-20-14-8-2)91(85)113-73-59-53-47-41-35-29-23-17-11-5)93(103)99-65-67-101-95(105)81-61-63-83-90-84(64-62-82(89(81)90)96(101)106)98(108)102(97(83)107)68-66-100-94(104)80-77-87(111-71-57-51-45-39-33-27-21-15-9-3)92(114-74-60-54-48-42-36-30-24-18-12-6)88(78-80)112-72-58-52-46-40-34-28-22-16-10-4/h7-12,61-64,75-78H,1-6,13-60,65-74H2,(H,99,103)(H,100,104). The number of benzene rings is 4. The van der Waals surface area contributed by atoms with E-state index in [1.54, 1.807) is 24.3 Å². The van der Waals surface area contributed by atoms with Crippen LogP contribution in [0.5, 0.6) is 34.5 Å². The first-order valence-electron chi connectivity index (χ1n) is 44.7. The molecule has 0 fully saturated rings. The second kappa shape index (κ2) is 59.3. The molecule has 2 heterocycles. The maximum atomic E-state index is 14.6. The molecule has 2 N–H and O–H groups in total. The molecule has 0 spiro atoms. The predicted molar refractivity (Wildman–Crippen MR) is 468 cm³/mol. The molecule has 114 heavy (non-hydrogen) atoms. The van der Waals surface area contributed by atoms with Crippen LogP contribution in [0.1, 0.15) is 370 Å². The number of allylic oxidation sites excluding steroid dienone is 6. The van der Waals surface area contributed by atoms with Gasteiger partial charge >= 0.3 is 0 Å². The van der Waals surface area contributed by atoms with E-state index >= 15 is 0 Å². The molecule has 0 unspecified atom stereocenters. The summed E-state index contributed by atoms with van der Waals surface area (Å²) < 4.78 is 39.4. The van der Waals surface area contributed by atoms with Crippen molar-refractivity contribution in [1.29, 1.82) is 0 Å². The number of unbranched alkanes of at least 4 members (excludes halogenated alkanes) is 42. The molecule has 0 atom stereocenters. The highest BCUT2D eigenvalue weighted by Gasteiger charge is 2.40. The highest BCUT2D eigenvalue weighted by Crippen LogP contribution is 2.43. The van der Waals surface area contributed by atoms with Crippen molar-refractivity contribution in [3.8, 4) is 34.5 Å². The van der Waals surface area contributed by atoms with E-state index in [1.165, 1.54) is 153 Å². The summed E-state index contributed by atoms with van der Waals surface area (Å²) in [5.41, 5.74) is 1.20. The summed E-state index contributed by atoms with van der Waals surface area (Å²) in [6.45, 7) is 25.3. The highest BCUT2D eigenvalue weighted by atomic mass is 16.5. The number of amides is 6. The fraction of sp³-hybridized carbons (Fsp3) is 0.592. The van der Waals surface area contributed by atoms with E-state index < -0.39 is 35.4 Å². The molecule has 0 saturated carbocycles. The second-order valence-corrected chi connectivity index (χ2v) is 31.1. The third-order valence-electron chi connectivity index (χ3n) is 21.7. The van der Waals surface area contributed by atoms with Crippen molar-refractivity contribution < 1.29 is 57.2 Å². The molecule has 628 valence electrons. The van der Waals surface area contributed by atoms with Crippen molar-refractivity contribution >= 4 is 46.2 Å². The SMILES string of the molecule is C=CCCCCCCCCCOc1cc(C(=O)NCCN2C(=O)c3ccc4c5c(ccc(c35)C2=O)C(=O)N(CCNC(=O)c2cc(OCCCCCCCCCC=C)c(OCCCCCCCCCC=C)c(OCCCCCCCCCC=C)c2)C4=O)cc(OCCCCCCCCCC=C)c1OCCCCCCCCCC=C. The Morgan fingerprint density at radius 1 is 0.272 bits per heavy atom. The molecule has 16 nitrogen and oxygen atoms in total. The fourth-order valence-electron chi connectivity index (χ4n) is 15.0. The van der Waals surface area contributed by atoms with Crippen LogP contribution in [0.4, 0.5) is 0 Å². The quantitative estimate of drug-likeness (QED) is 0.0242. The average Bonchev–Trinajstić information content (AvgIpc) is 0.713. The second-order valence-electron chi connectivity index (χ2n) is 31.1. The molecule has 16 heteroatoms. The molecule has 0 saturated heterocycles. The molecule has 0 bridgehead atoms. The Morgan fingerprint density at radius 3 is 0.658 bits per heavy atom. The number of hydrogen-bond acceptors (Lipinski definition) is 12. The number of ether oxygens (including phenoxy) is 6. The van der Waals surface area contributed by atoms with Crippen molar-refractivity contribution in [3.63, 3.8) is 0 Å². The highest BCUT2D eigenvalue weighted by molar-refractivity contribution is 6.33. The van der Waals surface area contributed by atoms with Gasteiger partial charge in [0, 0.05) is 70.3 Å². The smallest absolute Gasteiger partial charge is 0.261 e. The molecule has 2 aliphatic heterocycles. The van der Waals surface area contributed by atoms with Gasteiger partial charge in [0.15, 0.2) is 23.0 Å². The summed E-state index contributed by atoms with van der Waals surface area (Å²) in [5.74, 6) is -0.649. The lowest BCUT2D eigenvalue weighted by atomic mass is 9.86. The van der Waals surface area contributed by atoms with Gasteiger partial charge in [-0.25, -0.2) is 0 Å². The first kappa shape index (κ1) is 94.5. The summed E-state index contributed by atoms with van der Waals surface area (Å²) in [7, 11) is 0. The summed E-state index contributed by atoms with van der Waals surface area (Å²) in [6.07, 6.45) is 64.4. The van der Waals surface area contributed by atoms with Crippen molar-refractivity contribution in [1.82, 2.24) is 20.4 Å². The Kier molecular flexibility index (Phi) is 49.1. The molecule has 6 amide bonds. The first-order chi connectivity index (χ1) is 56.0. The molecule has 2 aliphatic rings. The van der Waals surface area contributed by atoms with Crippen LogP contribution in [-0.2, 0) is 0 Å². The van der Waals surface area contributed by atoms with E-state index in [2.05, 4.69) is 50.1 Å². The Balaban J connectivity index is 1.14. The van der Waals surface area contributed by atoms with E-state index in [-0.39, 0.29) is 70.3 Å². The van der Waals surface area contributed by atoms with Gasteiger partial charge in [0.25, 0.3) is 35.4 Å². The Morgan fingerprint density at radius 2 is 0.456 bits per heavy atom. The zero-order valence-electron chi connectivity index (χ0n) is 70.1. The number of carbonyl (C=O) groups excluding carboxylic acids is 6. The summed E-state index contributed by atoms with van der Waals surface area (Å²) in [6, 6.07) is 12.9. The Bertz CT molecular complexity index is 3160. The molecule has 6 rings (SSSR count). The van der Waals surface area contributed by atoms with Gasteiger partial charge in [-0.1, -0.05) is 229 Å². The van der Waals surface area contributed by atoms with Gasteiger partial charge in [-0.3, -0.25) is 38.6 Å². The zero-order valence-corrected chi connectivity index (χ0v) is 70.1. The third-order valence-corrected chi connectivity index (χ3v) is 21.7. The Hall–Kier alpha value is -8.40. The van der Waals surface area contributed by atoms with Crippen molar-refractivity contribution in [2.45, 2.75) is 308 Å². The van der Waals surface area contributed by atoms with Crippen LogP contribution < -0.4 is 39.1 Å². The number of rotatable bonds is 74. The topological polar surface area (TPSA) is 188 Å². The summed E-state index contributed by atoms with van der Waals surface area (Å²) in [5, 5.41) is 6.39. The van der Waals surface area contributed by atoms with Gasteiger partial charge in [0.1, 0.15) is 0 Å². The normalized spacial score (nSPS) is 12.3. The first-order valence-corrected chi connectivity index (χ1v) is 44.7. The molecule has 0 aliphatic carbocycles. The minimum absolute atomic E-state index is 0.0794. The van der Waals surface area contributed by atoms with E-state index in [9.17, 15) is 28.8 Å². The minimum Gasteiger partial charge on any atom is -0.490 e. The van der Waals surface area contributed by atoms with Gasteiger partial charge < -0.3 is 39.1 Å². The van der Waals surface area contributed by atoms with Gasteiger partial charge in [-0.05, 0) is 164 Å². The van der Waals surface area contributed by atoms with E-state index in [1.807, 2.05) is 36.5 Å². The summed E-state index contributed by atoms with van der Waals surface area (Å²) >= 11 is 0. The Labute approximate surface area is 686 Å². The monoisotopic (exact) mass is 1570 g/mol. The van der Waals surface area contributed by atoms with Crippen LogP contribution in [0.15, 0.2) is 124 Å². The lowest BCUT2D eigenvalue weighted by Crippen LogP contribution is -2.46. The van der Waals surface area contributed by atoms with Gasteiger partial charge in [-0.2, -0.15) is 0 Å². The van der Waals surface area contributed by atoms with Crippen LogP contribution in [0.25, 0.3) is 10.8 Å². The molecule has 4 aromatic rings. The van der Waals surface area contributed by atoms with E-state index in [0.29, 0.717) is 74.1 Å². The maximum Gasteiger partial charge on any atom is 0.261 e. The predicted octanol–water partition coefficient (Wildman–Crippen LogP) is 25.0. The molecule has 0 radical (unpaired) electrons. The van der Waals surface area contributed by atoms with Gasteiger partial charge in [0.05, 0.1) is 39.6 Å². The van der Waals surface area contributed by atoms with Crippen LogP contribution in [0.3, 0.4) is 0 Å². The lowest BCUT2D eigenvalue weighted by molar-refractivity contribution is 0.0588. The van der Waals surface area contributed by atoms with Crippen LogP contribution >= 0.6 is 0 Å². The van der Waals surface area contributed by atoms with Crippen LogP contribution in [0, 0.1) is 0 Å². The maximum absolute atomic E-state index is 14.6. The lowest BCUT2D eigenvalue weighted by Gasteiger charge is -2.32. The molecule has 0 aromatic heterocycles. The number of imide groups is 2. The van der Waals surface area contributed by atoms with Crippen molar-refractivity contribution in [2.24, 2.45) is 0 Å². The zero-order chi connectivity index (χ0) is 81.3. The van der Waals surface area contributed by atoms with Crippen molar-refractivity contribution in [3.05, 3.63) is 158 Å². The number of nitrogens with one attached hydrogen (secondary N) is 2.